The first kappa shape index (κ1) is 29.6. The fourth-order valence-corrected chi connectivity index (χ4v) is 3.02. The highest BCUT2D eigenvalue weighted by Crippen LogP contribution is 2.03. The minimum atomic E-state index is -0.541. The fourth-order valence-electron chi connectivity index (χ4n) is 3.02. The molecule has 0 spiro atoms. The van der Waals surface area contributed by atoms with Crippen molar-refractivity contribution in [3.8, 4) is 0 Å². The van der Waals surface area contributed by atoms with Crippen LogP contribution in [0.25, 0.3) is 0 Å². The Kier molecular flexibility index (Phi) is 21.6. The van der Waals surface area contributed by atoms with E-state index in [1.165, 1.54) is 25.7 Å². The third-order valence-electron chi connectivity index (χ3n) is 4.91. The summed E-state index contributed by atoms with van der Waals surface area (Å²) in [6, 6.07) is 0. The van der Waals surface area contributed by atoms with E-state index in [4.69, 9.17) is 5.73 Å². The van der Waals surface area contributed by atoms with Crippen LogP contribution in [-0.4, -0.2) is 30.8 Å². The number of carbonyl (C=O) groups is 3. The third kappa shape index (κ3) is 23.9. The molecule has 0 radical (unpaired) electrons. The summed E-state index contributed by atoms with van der Waals surface area (Å²) in [6.45, 7) is 2.76. The molecule has 0 aliphatic rings. The van der Waals surface area contributed by atoms with Crippen LogP contribution in [0.5, 0.6) is 0 Å². The Bertz CT molecular complexity index is 583. The molecule has 0 aromatic carbocycles. The first-order valence-electron chi connectivity index (χ1n) is 12.3. The summed E-state index contributed by atoms with van der Waals surface area (Å²) in [5.41, 5.74) is 4.96. The van der Waals surface area contributed by atoms with Crippen LogP contribution >= 0.6 is 0 Å². The summed E-state index contributed by atoms with van der Waals surface area (Å²) in [5.74, 6) is -0.608. The Morgan fingerprint density at radius 3 is 1.78 bits per heavy atom. The maximum absolute atomic E-state index is 11.8. The molecule has 0 heterocycles. The molecule has 0 unspecified atom stereocenters. The number of carbonyl (C=O) groups excluding carboxylic acids is 3. The zero-order chi connectivity index (χ0) is 23.7. The topological polar surface area (TPSA) is 101 Å². The van der Waals surface area contributed by atoms with Gasteiger partial charge in [0.1, 0.15) is 0 Å². The molecule has 6 nitrogen and oxygen atoms in total. The molecule has 0 aromatic rings. The molecule has 0 aliphatic carbocycles. The first-order valence-corrected chi connectivity index (χ1v) is 12.3. The van der Waals surface area contributed by atoms with Crippen LogP contribution in [0.2, 0.25) is 0 Å². The predicted octanol–water partition coefficient (Wildman–Crippen LogP) is 4.85. The van der Waals surface area contributed by atoms with Crippen molar-refractivity contribution in [1.82, 2.24) is 10.6 Å². The Morgan fingerprint density at radius 1 is 0.656 bits per heavy atom. The molecule has 0 atom stereocenters. The van der Waals surface area contributed by atoms with Crippen molar-refractivity contribution in [1.29, 1.82) is 0 Å². The molecule has 0 fully saturated rings. The highest BCUT2D eigenvalue weighted by Gasteiger charge is 2.03. The van der Waals surface area contributed by atoms with Crippen molar-refractivity contribution in [3.63, 3.8) is 0 Å². The van der Waals surface area contributed by atoms with Gasteiger partial charge in [0.2, 0.25) is 17.7 Å². The maximum atomic E-state index is 11.8. The lowest BCUT2D eigenvalue weighted by atomic mass is 10.1. The second-order valence-electron chi connectivity index (χ2n) is 8.03. The van der Waals surface area contributed by atoms with E-state index >= 15 is 0 Å². The van der Waals surface area contributed by atoms with Gasteiger partial charge in [-0.2, -0.15) is 0 Å². The van der Waals surface area contributed by atoms with Crippen LogP contribution in [0.4, 0.5) is 0 Å². The van der Waals surface area contributed by atoms with Crippen molar-refractivity contribution in [2.75, 3.05) is 13.1 Å². The van der Waals surface area contributed by atoms with Gasteiger partial charge in [0.25, 0.3) is 0 Å². The second kappa shape index (κ2) is 23.3. The van der Waals surface area contributed by atoms with Gasteiger partial charge in [0.05, 0.1) is 6.54 Å². The number of unbranched alkanes of at least 4 members (excludes halogenated alkanes) is 7. The average molecular weight is 448 g/mol. The molecule has 0 saturated heterocycles. The lowest BCUT2D eigenvalue weighted by molar-refractivity contribution is -0.124. The summed E-state index contributed by atoms with van der Waals surface area (Å²) in [6.07, 6.45) is 26.7. The highest BCUT2D eigenvalue weighted by atomic mass is 16.2. The molecule has 0 aliphatic heterocycles. The Balaban J connectivity index is 3.44. The van der Waals surface area contributed by atoms with Gasteiger partial charge >= 0.3 is 0 Å². The molecule has 0 saturated carbocycles. The molecular weight excluding hydrogens is 402 g/mol. The first-order chi connectivity index (χ1) is 15.6. The van der Waals surface area contributed by atoms with E-state index in [9.17, 15) is 14.4 Å². The van der Waals surface area contributed by atoms with Gasteiger partial charge in [-0.3, -0.25) is 14.4 Å². The van der Waals surface area contributed by atoms with Gasteiger partial charge < -0.3 is 16.4 Å². The fraction of sp³-hybridized carbons (Fsp3) is 0.654. The van der Waals surface area contributed by atoms with Crippen molar-refractivity contribution < 1.29 is 14.4 Å². The quantitative estimate of drug-likeness (QED) is 0.173. The Labute approximate surface area is 195 Å². The van der Waals surface area contributed by atoms with Crippen molar-refractivity contribution in [2.45, 2.75) is 96.8 Å². The Morgan fingerprint density at radius 2 is 1.19 bits per heavy atom. The minimum Gasteiger partial charge on any atom is -0.368 e. The molecule has 182 valence electrons. The van der Waals surface area contributed by atoms with E-state index < -0.39 is 5.91 Å². The second-order valence-corrected chi connectivity index (χ2v) is 8.03. The standard InChI is InChI=1S/C26H45N3O3/c1-2-3-4-5-6-7-8-9-10-11-12-13-14-15-17-20-25(31)28-22-19-16-18-21-26(32)29-23-24(27)30/h6-7,9-10,12-13H,2-5,8,11,14-23H2,1H3,(H2,27,30)(H,28,31)(H,29,32)/b7-6-,10-9-,13-12-. The number of hydrogen-bond acceptors (Lipinski definition) is 3. The predicted molar refractivity (Wildman–Crippen MR) is 133 cm³/mol. The van der Waals surface area contributed by atoms with Crippen LogP contribution in [-0.2, 0) is 14.4 Å². The van der Waals surface area contributed by atoms with E-state index in [-0.39, 0.29) is 18.4 Å². The van der Waals surface area contributed by atoms with Crippen LogP contribution in [0.3, 0.4) is 0 Å². The number of rotatable bonds is 21. The average Bonchev–Trinajstić information content (AvgIpc) is 2.77. The van der Waals surface area contributed by atoms with E-state index in [2.05, 4.69) is 54.0 Å². The largest absolute Gasteiger partial charge is 0.368 e. The molecule has 4 N–H and O–H groups in total. The van der Waals surface area contributed by atoms with Gasteiger partial charge in [-0.1, -0.05) is 62.6 Å². The van der Waals surface area contributed by atoms with E-state index in [0.29, 0.717) is 19.4 Å². The van der Waals surface area contributed by atoms with Gasteiger partial charge in [-0.05, 0) is 57.8 Å². The number of amides is 3. The molecule has 0 bridgehead atoms. The normalized spacial score (nSPS) is 11.5. The van der Waals surface area contributed by atoms with E-state index in [1.807, 2.05) is 0 Å². The molecule has 6 heteroatoms. The monoisotopic (exact) mass is 447 g/mol. The molecule has 3 amide bonds. The smallest absolute Gasteiger partial charge is 0.236 e. The molecular formula is C26H45N3O3. The lowest BCUT2D eigenvalue weighted by Crippen LogP contribution is -2.33. The third-order valence-corrected chi connectivity index (χ3v) is 4.91. The summed E-state index contributed by atoms with van der Waals surface area (Å²) in [4.78, 5) is 33.8. The van der Waals surface area contributed by atoms with Crippen LogP contribution in [0.15, 0.2) is 36.5 Å². The summed E-state index contributed by atoms with van der Waals surface area (Å²) < 4.78 is 0. The summed E-state index contributed by atoms with van der Waals surface area (Å²) in [7, 11) is 0. The maximum Gasteiger partial charge on any atom is 0.236 e. The number of nitrogens with two attached hydrogens (primary N) is 1. The SMILES string of the molecule is CCCCC/C=C\C/C=C\C/C=C\CCCCC(=O)NCCCCCC(=O)NCC(N)=O. The Hall–Kier alpha value is -2.37. The summed E-state index contributed by atoms with van der Waals surface area (Å²) in [5, 5.41) is 5.39. The highest BCUT2D eigenvalue weighted by molar-refractivity contribution is 5.83. The van der Waals surface area contributed by atoms with Crippen LogP contribution in [0.1, 0.15) is 96.8 Å². The molecule has 0 rings (SSSR count). The minimum absolute atomic E-state index is 0.0962. The van der Waals surface area contributed by atoms with Crippen molar-refractivity contribution in [3.05, 3.63) is 36.5 Å². The number of hydrogen-bond donors (Lipinski definition) is 3. The van der Waals surface area contributed by atoms with Gasteiger partial charge in [-0.15, -0.1) is 0 Å². The molecule has 32 heavy (non-hydrogen) atoms. The van der Waals surface area contributed by atoms with Crippen LogP contribution < -0.4 is 16.4 Å². The van der Waals surface area contributed by atoms with Gasteiger partial charge in [-0.25, -0.2) is 0 Å². The van der Waals surface area contributed by atoms with E-state index in [0.717, 1.165) is 51.4 Å². The zero-order valence-electron chi connectivity index (χ0n) is 20.1. The van der Waals surface area contributed by atoms with Crippen LogP contribution in [0, 0.1) is 0 Å². The van der Waals surface area contributed by atoms with E-state index in [1.54, 1.807) is 0 Å². The number of allylic oxidation sites excluding steroid dienone is 6. The number of primary amides is 1. The number of nitrogens with one attached hydrogen (secondary N) is 2. The van der Waals surface area contributed by atoms with Crippen molar-refractivity contribution >= 4 is 17.7 Å². The summed E-state index contributed by atoms with van der Waals surface area (Å²) >= 11 is 0. The lowest BCUT2D eigenvalue weighted by Gasteiger charge is -2.05. The molecule has 0 aromatic heterocycles. The zero-order valence-corrected chi connectivity index (χ0v) is 20.1. The van der Waals surface area contributed by atoms with Gasteiger partial charge in [0.15, 0.2) is 0 Å². The van der Waals surface area contributed by atoms with Gasteiger partial charge in [0, 0.05) is 19.4 Å². The van der Waals surface area contributed by atoms with Crippen molar-refractivity contribution in [2.24, 2.45) is 5.73 Å².